The smallest absolute Gasteiger partial charge is 0.0149 e. The van der Waals surface area contributed by atoms with Gasteiger partial charge in [0.2, 0.25) is 0 Å². The fourth-order valence-corrected chi connectivity index (χ4v) is 6.30. The van der Waals surface area contributed by atoms with Crippen molar-refractivity contribution in [1.82, 2.24) is 0 Å². The summed E-state index contributed by atoms with van der Waals surface area (Å²) in [6.07, 6.45) is 9.70. The predicted octanol–water partition coefficient (Wildman–Crippen LogP) is 13.1. The van der Waals surface area contributed by atoms with E-state index in [9.17, 15) is 0 Å². The van der Waals surface area contributed by atoms with Gasteiger partial charge in [0.05, 0.1) is 0 Å². The molecule has 0 amide bonds. The van der Waals surface area contributed by atoms with Crippen molar-refractivity contribution in [2.24, 2.45) is 0 Å². The number of unbranched alkanes of at least 4 members (excludes halogenated alkanes) is 4. The van der Waals surface area contributed by atoms with E-state index in [0.717, 1.165) is 12.8 Å². The Kier molecular flexibility index (Phi) is 10.5. The SMILES string of the molecule is CCCCCc1cc(-c2ccc(-c3ccc(C)c(C)c3)cc2)c(CCCCC)cc1-c1ccc(-c2ccc(C)c(C)c2)cc1. The molecule has 44 heavy (non-hydrogen) atoms. The Morgan fingerprint density at radius 2 is 0.682 bits per heavy atom. The van der Waals surface area contributed by atoms with Crippen molar-refractivity contribution in [3.8, 4) is 44.5 Å². The van der Waals surface area contributed by atoms with Crippen molar-refractivity contribution in [2.75, 3.05) is 0 Å². The number of aryl methyl sites for hydroxylation is 6. The van der Waals surface area contributed by atoms with E-state index in [1.165, 1.54) is 116 Å². The van der Waals surface area contributed by atoms with E-state index < -0.39 is 0 Å². The molecule has 0 unspecified atom stereocenters. The molecule has 0 aliphatic heterocycles. The summed E-state index contributed by atoms with van der Waals surface area (Å²) >= 11 is 0. The molecular formula is C44H50. The molecule has 5 aromatic rings. The molecule has 0 nitrogen and oxygen atoms in total. The quantitative estimate of drug-likeness (QED) is 0.129. The van der Waals surface area contributed by atoms with Crippen LogP contribution in [0.3, 0.4) is 0 Å². The van der Waals surface area contributed by atoms with Gasteiger partial charge in [-0.1, -0.05) is 137 Å². The maximum absolute atomic E-state index is 2.54. The highest BCUT2D eigenvalue weighted by atomic mass is 14.2. The van der Waals surface area contributed by atoms with Gasteiger partial charge in [0, 0.05) is 0 Å². The molecule has 0 bridgehead atoms. The highest BCUT2D eigenvalue weighted by molar-refractivity contribution is 5.79. The summed E-state index contributed by atoms with van der Waals surface area (Å²) in [4.78, 5) is 0. The Morgan fingerprint density at radius 1 is 0.341 bits per heavy atom. The second-order valence-corrected chi connectivity index (χ2v) is 12.8. The second-order valence-electron chi connectivity index (χ2n) is 12.8. The molecule has 5 rings (SSSR count). The Hall–Kier alpha value is -3.90. The van der Waals surface area contributed by atoms with Crippen molar-refractivity contribution in [2.45, 2.75) is 92.9 Å². The Morgan fingerprint density at radius 3 is 1.02 bits per heavy atom. The minimum atomic E-state index is 1.12. The van der Waals surface area contributed by atoms with Crippen molar-refractivity contribution >= 4 is 0 Å². The van der Waals surface area contributed by atoms with Gasteiger partial charge < -0.3 is 0 Å². The lowest BCUT2D eigenvalue weighted by Crippen LogP contribution is -1.99. The van der Waals surface area contributed by atoms with Crippen LogP contribution >= 0.6 is 0 Å². The fraction of sp³-hybridized carbons (Fsp3) is 0.318. The molecule has 226 valence electrons. The van der Waals surface area contributed by atoms with E-state index in [1.807, 2.05) is 0 Å². The third kappa shape index (κ3) is 7.41. The van der Waals surface area contributed by atoms with Crippen molar-refractivity contribution in [3.63, 3.8) is 0 Å². The van der Waals surface area contributed by atoms with Gasteiger partial charge >= 0.3 is 0 Å². The normalized spacial score (nSPS) is 11.2. The van der Waals surface area contributed by atoms with E-state index in [4.69, 9.17) is 0 Å². The highest BCUT2D eigenvalue weighted by Gasteiger charge is 2.14. The van der Waals surface area contributed by atoms with Gasteiger partial charge in [-0.15, -0.1) is 0 Å². The maximum atomic E-state index is 2.54. The lowest BCUT2D eigenvalue weighted by molar-refractivity contribution is 0.713. The largest absolute Gasteiger partial charge is 0.0654 e. The van der Waals surface area contributed by atoms with Crippen LogP contribution in [0.4, 0.5) is 0 Å². The van der Waals surface area contributed by atoms with E-state index in [-0.39, 0.29) is 0 Å². The lowest BCUT2D eigenvalue weighted by Gasteiger charge is -2.18. The molecule has 0 N–H and O–H groups in total. The maximum Gasteiger partial charge on any atom is -0.0149 e. The van der Waals surface area contributed by atoms with E-state index in [0.29, 0.717) is 0 Å². The standard InChI is InChI=1S/C44H50/c1-7-9-11-13-41-29-44(38-25-21-36(22-26-38)40-18-16-32(4)34(6)28-40)42(14-12-10-8-2)30-43(41)37-23-19-35(20-24-37)39-17-15-31(3)33(5)27-39/h15-30H,7-14H2,1-6H3. The van der Waals surface area contributed by atoms with Gasteiger partial charge in [-0.2, -0.15) is 0 Å². The molecule has 0 aliphatic rings. The van der Waals surface area contributed by atoms with Crippen LogP contribution in [0.5, 0.6) is 0 Å². The predicted molar refractivity (Wildman–Crippen MR) is 194 cm³/mol. The van der Waals surface area contributed by atoms with E-state index >= 15 is 0 Å². The molecule has 5 aromatic carbocycles. The van der Waals surface area contributed by atoms with Crippen molar-refractivity contribution in [1.29, 1.82) is 0 Å². The summed E-state index contributed by atoms with van der Waals surface area (Å²) < 4.78 is 0. The zero-order valence-corrected chi connectivity index (χ0v) is 27.9. The van der Waals surface area contributed by atoms with Crippen molar-refractivity contribution < 1.29 is 0 Å². The van der Waals surface area contributed by atoms with E-state index in [1.54, 1.807) is 0 Å². The first-order valence-corrected chi connectivity index (χ1v) is 16.9. The van der Waals surface area contributed by atoms with Crippen LogP contribution in [-0.4, -0.2) is 0 Å². The number of benzene rings is 5. The summed E-state index contributed by atoms with van der Waals surface area (Å²) in [5, 5.41) is 0. The summed E-state index contributed by atoms with van der Waals surface area (Å²) in [5.74, 6) is 0. The van der Waals surface area contributed by atoms with Crippen LogP contribution in [0.2, 0.25) is 0 Å². The van der Waals surface area contributed by atoms with Gasteiger partial charge in [0.1, 0.15) is 0 Å². The fourth-order valence-electron chi connectivity index (χ4n) is 6.30. The van der Waals surface area contributed by atoms with Crippen LogP contribution in [0.25, 0.3) is 44.5 Å². The van der Waals surface area contributed by atoms with Crippen LogP contribution in [-0.2, 0) is 12.8 Å². The first-order valence-electron chi connectivity index (χ1n) is 16.9. The first-order chi connectivity index (χ1) is 21.4. The molecule has 0 spiro atoms. The van der Waals surface area contributed by atoms with Crippen molar-refractivity contribution in [3.05, 3.63) is 130 Å². The molecular weight excluding hydrogens is 528 g/mol. The zero-order chi connectivity index (χ0) is 31.1. The molecule has 0 saturated heterocycles. The second kappa shape index (κ2) is 14.7. The van der Waals surface area contributed by atoms with Crippen LogP contribution in [0, 0.1) is 27.7 Å². The molecule has 0 heterocycles. The molecule has 0 saturated carbocycles. The third-order valence-corrected chi connectivity index (χ3v) is 9.50. The van der Waals surface area contributed by atoms with E-state index in [2.05, 4.69) is 139 Å². The van der Waals surface area contributed by atoms with Crippen LogP contribution < -0.4 is 0 Å². The Labute approximate surface area is 267 Å². The zero-order valence-electron chi connectivity index (χ0n) is 27.9. The van der Waals surface area contributed by atoms with Gasteiger partial charge in [-0.25, -0.2) is 0 Å². The molecule has 0 aromatic heterocycles. The molecule has 0 aliphatic carbocycles. The van der Waals surface area contributed by atoms with Gasteiger partial charge in [-0.05, 0) is 131 Å². The summed E-state index contributed by atoms with van der Waals surface area (Å²) in [5.41, 5.74) is 19.0. The average Bonchev–Trinajstić information content (AvgIpc) is 3.04. The summed E-state index contributed by atoms with van der Waals surface area (Å²) in [7, 11) is 0. The summed E-state index contributed by atoms with van der Waals surface area (Å²) in [6.45, 7) is 13.4. The average molecular weight is 579 g/mol. The van der Waals surface area contributed by atoms with Gasteiger partial charge in [0.15, 0.2) is 0 Å². The molecule has 0 atom stereocenters. The number of hydrogen-bond acceptors (Lipinski definition) is 0. The summed E-state index contributed by atoms with van der Waals surface area (Å²) in [6, 6.07) is 37.3. The number of rotatable bonds is 12. The Balaban J connectivity index is 1.55. The molecule has 0 radical (unpaired) electrons. The number of hydrogen-bond donors (Lipinski definition) is 0. The van der Waals surface area contributed by atoms with Gasteiger partial charge in [-0.3, -0.25) is 0 Å². The topological polar surface area (TPSA) is 0 Å². The molecule has 0 fully saturated rings. The lowest BCUT2D eigenvalue weighted by atomic mass is 9.86. The monoisotopic (exact) mass is 578 g/mol. The third-order valence-electron chi connectivity index (χ3n) is 9.50. The first kappa shape index (κ1) is 31.5. The highest BCUT2D eigenvalue weighted by Crippen LogP contribution is 2.36. The van der Waals surface area contributed by atoms with Gasteiger partial charge in [0.25, 0.3) is 0 Å². The minimum absolute atomic E-state index is 1.12. The molecule has 0 heteroatoms. The minimum Gasteiger partial charge on any atom is -0.0654 e. The van der Waals surface area contributed by atoms with Crippen LogP contribution in [0.1, 0.15) is 85.8 Å². The Bertz CT molecular complexity index is 1550. The van der Waals surface area contributed by atoms with Crippen LogP contribution in [0.15, 0.2) is 97.1 Å².